The van der Waals surface area contributed by atoms with Crippen LogP contribution in [0.15, 0.2) is 0 Å². The molecule has 0 spiro atoms. The lowest BCUT2D eigenvalue weighted by Gasteiger charge is -2.37. The summed E-state index contributed by atoms with van der Waals surface area (Å²) in [5.74, 6) is 0.206. The van der Waals surface area contributed by atoms with Gasteiger partial charge >= 0.3 is 0 Å². The molecule has 3 N–H and O–H groups in total. The molecule has 15 heavy (non-hydrogen) atoms. The Hall–Kier alpha value is -0.870. The van der Waals surface area contributed by atoms with Gasteiger partial charge < -0.3 is 10.8 Å². The number of aliphatic hydroxyl groups is 1. The minimum Gasteiger partial charge on any atom is -0.383 e. The smallest absolute Gasteiger partial charge is 0.108 e. The first-order valence-corrected chi connectivity index (χ1v) is 5.46. The molecule has 4 nitrogen and oxygen atoms in total. The lowest BCUT2D eigenvalue weighted by atomic mass is 9.74. The maximum atomic E-state index is 10.6. The largest absolute Gasteiger partial charge is 0.383 e. The number of aryl methyl sites for hydroxylation is 2. The molecule has 2 unspecified atom stereocenters. The normalized spacial score (nSPS) is 30.3. The molecule has 1 aliphatic carbocycles. The highest BCUT2D eigenvalue weighted by Crippen LogP contribution is 2.40. The second-order valence-corrected chi connectivity index (χ2v) is 4.60. The zero-order valence-corrected chi connectivity index (χ0v) is 9.62. The average molecular weight is 209 g/mol. The fourth-order valence-electron chi connectivity index (χ4n) is 2.70. The van der Waals surface area contributed by atoms with E-state index < -0.39 is 5.60 Å². The summed E-state index contributed by atoms with van der Waals surface area (Å²) in [6, 6.07) is 0. The molecule has 0 amide bonds. The van der Waals surface area contributed by atoms with Crippen molar-refractivity contribution in [1.82, 2.24) is 9.78 Å². The van der Waals surface area contributed by atoms with E-state index in [0.717, 1.165) is 29.8 Å². The van der Waals surface area contributed by atoms with Gasteiger partial charge in [-0.25, -0.2) is 0 Å². The van der Waals surface area contributed by atoms with Crippen LogP contribution in [0.5, 0.6) is 0 Å². The van der Waals surface area contributed by atoms with E-state index in [1.165, 1.54) is 0 Å². The molecule has 0 fully saturated rings. The molecule has 1 aromatic heterocycles. The third-order valence-corrected chi connectivity index (χ3v) is 3.71. The van der Waals surface area contributed by atoms with Crippen molar-refractivity contribution in [3.05, 3.63) is 17.0 Å². The third kappa shape index (κ3) is 1.32. The minimum absolute atomic E-state index is 0.206. The molecule has 4 heteroatoms. The first kappa shape index (κ1) is 10.6. The molecule has 0 saturated heterocycles. The van der Waals surface area contributed by atoms with Crippen molar-refractivity contribution in [2.24, 2.45) is 18.7 Å². The van der Waals surface area contributed by atoms with E-state index in [2.05, 4.69) is 12.0 Å². The molecule has 1 heterocycles. The van der Waals surface area contributed by atoms with Crippen LogP contribution in [0.2, 0.25) is 0 Å². The Morgan fingerprint density at radius 2 is 2.33 bits per heavy atom. The van der Waals surface area contributed by atoms with E-state index in [0.29, 0.717) is 0 Å². The molecular weight excluding hydrogens is 190 g/mol. The number of nitrogens with two attached hydrogens (primary N) is 1. The first-order chi connectivity index (χ1) is 7.00. The Bertz CT molecular complexity index is 385. The number of aromatic nitrogens is 2. The molecule has 1 aromatic rings. The van der Waals surface area contributed by atoms with Crippen LogP contribution in [-0.2, 0) is 19.1 Å². The van der Waals surface area contributed by atoms with Crippen LogP contribution in [0.1, 0.15) is 30.3 Å². The summed E-state index contributed by atoms with van der Waals surface area (Å²) in [5, 5.41) is 15.0. The van der Waals surface area contributed by atoms with E-state index in [1.807, 2.05) is 18.7 Å². The predicted octanol–water partition coefficient (Wildman–Crippen LogP) is 0.457. The second kappa shape index (κ2) is 3.32. The van der Waals surface area contributed by atoms with Crippen molar-refractivity contribution in [1.29, 1.82) is 0 Å². The van der Waals surface area contributed by atoms with Gasteiger partial charge in [-0.05, 0) is 25.7 Å². The highest BCUT2D eigenvalue weighted by molar-refractivity contribution is 5.35. The Labute approximate surface area is 90.1 Å². The summed E-state index contributed by atoms with van der Waals surface area (Å²) in [4.78, 5) is 0. The van der Waals surface area contributed by atoms with Gasteiger partial charge in [0.1, 0.15) is 5.60 Å². The summed E-state index contributed by atoms with van der Waals surface area (Å²) in [6.45, 7) is 4.27. The van der Waals surface area contributed by atoms with Crippen LogP contribution in [-0.4, -0.2) is 21.4 Å². The average Bonchev–Trinajstić information content (AvgIpc) is 2.49. The lowest BCUT2D eigenvalue weighted by Crippen LogP contribution is -2.44. The van der Waals surface area contributed by atoms with Crippen LogP contribution < -0.4 is 5.73 Å². The molecule has 0 bridgehead atoms. The van der Waals surface area contributed by atoms with Crippen LogP contribution in [0.4, 0.5) is 0 Å². The number of fused-ring (bicyclic) bond motifs is 1. The standard InChI is InChI=1S/C11H19N3O/c1-7-4-5-9-10(11(7,15)6-12)8(2)13-14(9)3/h7,15H,4-6,12H2,1-3H3. The van der Waals surface area contributed by atoms with Gasteiger partial charge in [-0.15, -0.1) is 0 Å². The molecule has 0 radical (unpaired) electrons. The fourth-order valence-corrected chi connectivity index (χ4v) is 2.70. The van der Waals surface area contributed by atoms with Crippen molar-refractivity contribution in [3.8, 4) is 0 Å². The van der Waals surface area contributed by atoms with Gasteiger partial charge in [0.25, 0.3) is 0 Å². The SMILES string of the molecule is Cc1nn(C)c2c1C(O)(CN)C(C)CC2. The summed E-state index contributed by atoms with van der Waals surface area (Å²) in [5.41, 5.74) is 7.86. The molecule has 0 aromatic carbocycles. The topological polar surface area (TPSA) is 64.1 Å². The number of rotatable bonds is 1. The van der Waals surface area contributed by atoms with Crippen molar-refractivity contribution in [2.75, 3.05) is 6.54 Å². The van der Waals surface area contributed by atoms with E-state index >= 15 is 0 Å². The van der Waals surface area contributed by atoms with Crippen molar-refractivity contribution < 1.29 is 5.11 Å². The van der Waals surface area contributed by atoms with Gasteiger partial charge in [0.2, 0.25) is 0 Å². The minimum atomic E-state index is -0.883. The number of hydrogen-bond donors (Lipinski definition) is 2. The summed E-state index contributed by atoms with van der Waals surface area (Å²) in [6.07, 6.45) is 1.95. The fraction of sp³-hybridized carbons (Fsp3) is 0.727. The van der Waals surface area contributed by atoms with Crippen LogP contribution >= 0.6 is 0 Å². The molecule has 0 saturated carbocycles. The van der Waals surface area contributed by atoms with Gasteiger partial charge in [-0.3, -0.25) is 4.68 Å². The zero-order valence-electron chi connectivity index (χ0n) is 9.62. The number of nitrogens with zero attached hydrogens (tertiary/aromatic N) is 2. The molecule has 0 aliphatic heterocycles. The maximum absolute atomic E-state index is 10.6. The third-order valence-electron chi connectivity index (χ3n) is 3.71. The molecule has 2 atom stereocenters. The Balaban J connectivity index is 2.62. The van der Waals surface area contributed by atoms with Gasteiger partial charge in [0.05, 0.1) is 5.69 Å². The molecule has 1 aliphatic rings. The van der Waals surface area contributed by atoms with Crippen LogP contribution in [0.25, 0.3) is 0 Å². The quantitative estimate of drug-likeness (QED) is 0.706. The monoisotopic (exact) mass is 209 g/mol. The van der Waals surface area contributed by atoms with E-state index in [1.54, 1.807) is 0 Å². The Morgan fingerprint density at radius 1 is 1.67 bits per heavy atom. The van der Waals surface area contributed by atoms with Crippen molar-refractivity contribution >= 4 is 0 Å². The Kier molecular flexibility index (Phi) is 2.35. The number of hydrogen-bond acceptors (Lipinski definition) is 3. The molecular formula is C11H19N3O. The van der Waals surface area contributed by atoms with Crippen molar-refractivity contribution in [3.63, 3.8) is 0 Å². The highest BCUT2D eigenvalue weighted by Gasteiger charge is 2.42. The second-order valence-electron chi connectivity index (χ2n) is 4.60. The summed E-state index contributed by atoms with van der Waals surface area (Å²) >= 11 is 0. The lowest BCUT2D eigenvalue weighted by molar-refractivity contribution is -0.0200. The highest BCUT2D eigenvalue weighted by atomic mass is 16.3. The van der Waals surface area contributed by atoms with Crippen LogP contribution in [0, 0.1) is 12.8 Å². The first-order valence-electron chi connectivity index (χ1n) is 5.46. The van der Waals surface area contributed by atoms with Gasteiger partial charge in [-0.2, -0.15) is 5.10 Å². The van der Waals surface area contributed by atoms with Crippen LogP contribution in [0.3, 0.4) is 0 Å². The molecule has 2 rings (SSSR count). The maximum Gasteiger partial charge on any atom is 0.108 e. The zero-order chi connectivity index (χ0) is 11.2. The summed E-state index contributed by atoms with van der Waals surface area (Å²) < 4.78 is 1.87. The van der Waals surface area contributed by atoms with E-state index in [9.17, 15) is 5.11 Å². The Morgan fingerprint density at radius 3 is 2.93 bits per heavy atom. The van der Waals surface area contributed by atoms with Gasteiger partial charge in [-0.1, -0.05) is 6.92 Å². The predicted molar refractivity (Wildman–Crippen MR) is 58.4 cm³/mol. The summed E-state index contributed by atoms with van der Waals surface area (Å²) in [7, 11) is 1.93. The van der Waals surface area contributed by atoms with Crippen molar-refractivity contribution in [2.45, 2.75) is 32.3 Å². The van der Waals surface area contributed by atoms with E-state index in [-0.39, 0.29) is 12.5 Å². The van der Waals surface area contributed by atoms with Gasteiger partial charge in [0.15, 0.2) is 0 Å². The van der Waals surface area contributed by atoms with Gasteiger partial charge in [0, 0.05) is 24.8 Å². The van der Waals surface area contributed by atoms with E-state index in [4.69, 9.17) is 5.73 Å². The molecule has 84 valence electrons.